The molecule has 0 heteroatoms. The maximum atomic E-state index is 2.50. The largest absolute Gasteiger partial charge is 0.0761 e. The van der Waals surface area contributed by atoms with Crippen LogP contribution in [0.5, 0.6) is 0 Å². The molecule has 4 aromatic carbocycles. The van der Waals surface area contributed by atoms with Crippen LogP contribution in [0.25, 0.3) is 22.3 Å². The van der Waals surface area contributed by atoms with E-state index in [1.165, 1.54) is 71.7 Å². The van der Waals surface area contributed by atoms with E-state index in [0.717, 1.165) is 19.3 Å². The Bertz CT molecular complexity index is 2640. The third kappa shape index (κ3) is 6.50. The van der Waals surface area contributed by atoms with Crippen molar-refractivity contribution in [2.45, 2.75) is 25.2 Å². The van der Waals surface area contributed by atoms with Gasteiger partial charge in [0.15, 0.2) is 0 Å². The molecule has 0 bridgehead atoms. The Morgan fingerprint density at radius 1 is 0.464 bits per heavy atom. The molecule has 0 spiro atoms. The molecule has 270 valence electrons. The first-order valence-corrected chi connectivity index (χ1v) is 20.4. The molecule has 56 heavy (non-hydrogen) atoms. The lowest BCUT2D eigenvalue weighted by molar-refractivity contribution is 0.594. The number of rotatable bonds is 7. The van der Waals surface area contributed by atoms with E-state index in [0.29, 0.717) is 11.8 Å². The second kappa shape index (κ2) is 15.1. The van der Waals surface area contributed by atoms with E-state index in [1.54, 1.807) is 0 Å². The Labute approximate surface area is 331 Å². The molecule has 0 heterocycles. The van der Waals surface area contributed by atoms with Gasteiger partial charge in [-0.25, -0.2) is 0 Å². The van der Waals surface area contributed by atoms with Crippen LogP contribution in [0.3, 0.4) is 0 Å². The quantitative estimate of drug-likeness (QED) is 0.178. The zero-order valence-corrected chi connectivity index (χ0v) is 31.7. The van der Waals surface area contributed by atoms with Gasteiger partial charge in [-0.15, -0.1) is 0 Å². The Morgan fingerprint density at radius 3 is 1.77 bits per heavy atom. The molecule has 6 aliphatic rings. The van der Waals surface area contributed by atoms with E-state index >= 15 is 0 Å². The van der Waals surface area contributed by atoms with Gasteiger partial charge in [0.25, 0.3) is 0 Å². The summed E-state index contributed by atoms with van der Waals surface area (Å²) in [5.41, 5.74) is 15.4. The average Bonchev–Trinajstić information content (AvgIpc) is 3.28. The summed E-state index contributed by atoms with van der Waals surface area (Å²) in [6.45, 7) is 0. The minimum Gasteiger partial charge on any atom is -0.0761 e. The lowest BCUT2D eigenvalue weighted by atomic mass is 9.64. The predicted molar refractivity (Wildman–Crippen MR) is 236 cm³/mol. The van der Waals surface area contributed by atoms with Gasteiger partial charge in [0, 0.05) is 29.6 Å². The predicted octanol–water partition coefficient (Wildman–Crippen LogP) is 12.1. The number of benzene rings is 4. The molecule has 0 fully saturated rings. The molecule has 5 unspecified atom stereocenters. The molecular formula is C56H46. The van der Waals surface area contributed by atoms with Crippen LogP contribution in [0.15, 0.2) is 235 Å². The minimum atomic E-state index is 0.252. The molecular weight excluding hydrogens is 673 g/mol. The van der Waals surface area contributed by atoms with Crippen LogP contribution >= 0.6 is 0 Å². The topological polar surface area (TPSA) is 0 Å². The Hall–Kier alpha value is -6.24. The Balaban J connectivity index is 1.08. The first-order valence-electron chi connectivity index (χ1n) is 20.4. The van der Waals surface area contributed by atoms with Crippen molar-refractivity contribution >= 4 is 22.3 Å². The molecule has 0 radical (unpaired) electrons. The van der Waals surface area contributed by atoms with Crippen molar-refractivity contribution in [3.05, 3.63) is 262 Å². The first-order chi connectivity index (χ1) is 27.8. The summed E-state index contributed by atoms with van der Waals surface area (Å²) in [6.07, 6.45) is 41.2. The van der Waals surface area contributed by atoms with Crippen molar-refractivity contribution in [3.8, 4) is 0 Å². The highest BCUT2D eigenvalue weighted by Gasteiger charge is 2.38. The molecule has 0 saturated heterocycles. The molecule has 0 saturated carbocycles. The average molecular weight is 719 g/mol. The summed E-state index contributed by atoms with van der Waals surface area (Å²) in [6, 6.07) is 42.1. The van der Waals surface area contributed by atoms with Gasteiger partial charge in [0.05, 0.1) is 0 Å². The van der Waals surface area contributed by atoms with Crippen LogP contribution in [0, 0.1) is 23.7 Å². The van der Waals surface area contributed by atoms with Crippen molar-refractivity contribution in [3.63, 3.8) is 0 Å². The second-order valence-electron chi connectivity index (χ2n) is 15.8. The van der Waals surface area contributed by atoms with Crippen LogP contribution in [0.4, 0.5) is 0 Å². The second-order valence-corrected chi connectivity index (χ2v) is 15.8. The van der Waals surface area contributed by atoms with Gasteiger partial charge in [0.1, 0.15) is 0 Å². The summed E-state index contributed by atoms with van der Waals surface area (Å²) in [4.78, 5) is 0. The van der Waals surface area contributed by atoms with Gasteiger partial charge >= 0.3 is 0 Å². The monoisotopic (exact) mass is 718 g/mol. The fourth-order valence-electron chi connectivity index (χ4n) is 9.88. The third-order valence-corrected chi connectivity index (χ3v) is 12.6. The SMILES string of the molecule is C1=CC2C(C=CC3=CC=C(c4ccccc4)CC3)=CC=C(C3=c4ccccc4=C(C4=CC(c5ccccc5)=CC(c5ccccc5)C4)C4C=CC=CC34)C2C=C1. The molecule has 4 aromatic rings. The molecule has 0 amide bonds. The van der Waals surface area contributed by atoms with Crippen LogP contribution in [0.2, 0.25) is 0 Å². The highest BCUT2D eigenvalue weighted by atomic mass is 14.4. The highest BCUT2D eigenvalue weighted by Crippen LogP contribution is 2.49. The van der Waals surface area contributed by atoms with E-state index in [4.69, 9.17) is 0 Å². The Morgan fingerprint density at radius 2 is 1.07 bits per heavy atom. The number of hydrogen-bond acceptors (Lipinski definition) is 0. The first kappa shape index (κ1) is 34.3. The summed E-state index contributed by atoms with van der Waals surface area (Å²) < 4.78 is 0. The van der Waals surface area contributed by atoms with Crippen LogP contribution in [0.1, 0.15) is 41.9 Å². The molecule has 10 rings (SSSR count). The smallest absolute Gasteiger partial charge is 0.0134 e. The van der Waals surface area contributed by atoms with E-state index in [-0.39, 0.29) is 17.8 Å². The standard InChI is InChI=1S/C56H46/c1-4-16-40(17-5-1)43-31-28-39(29-32-43)30-33-44-34-35-54(49-23-11-10-22-48(44)49)56-52-26-14-12-24-50(52)55(51-25-13-15-27-53(51)56)47-37-45(41-18-6-2-7-19-41)36-46(38-47)42-20-8-3-9-21-42/h1-28,30-31,33-37,46,48-50,52H,29,32,38H2. The van der Waals surface area contributed by atoms with Crippen molar-refractivity contribution in [1.82, 2.24) is 0 Å². The van der Waals surface area contributed by atoms with Crippen LogP contribution in [-0.2, 0) is 0 Å². The van der Waals surface area contributed by atoms with E-state index < -0.39 is 0 Å². The summed E-state index contributed by atoms with van der Waals surface area (Å²) >= 11 is 0. The van der Waals surface area contributed by atoms with Gasteiger partial charge in [-0.05, 0) is 91.0 Å². The summed E-state index contributed by atoms with van der Waals surface area (Å²) in [7, 11) is 0. The molecule has 0 aromatic heterocycles. The van der Waals surface area contributed by atoms with Crippen LogP contribution in [-0.4, -0.2) is 0 Å². The van der Waals surface area contributed by atoms with E-state index in [1.807, 2.05) is 0 Å². The van der Waals surface area contributed by atoms with E-state index in [9.17, 15) is 0 Å². The van der Waals surface area contributed by atoms with Crippen LogP contribution < -0.4 is 10.4 Å². The fraction of sp³-hybridized carbons (Fsp3) is 0.143. The van der Waals surface area contributed by atoms with Gasteiger partial charge in [-0.3, -0.25) is 0 Å². The summed E-state index contributed by atoms with van der Waals surface area (Å²) in [5, 5.41) is 2.76. The molecule has 0 N–H and O–H groups in total. The number of allylic oxidation sites excluding steroid dienone is 22. The normalized spacial score (nSPS) is 25.0. The zero-order chi connectivity index (χ0) is 37.3. The molecule has 0 nitrogen and oxygen atoms in total. The van der Waals surface area contributed by atoms with Gasteiger partial charge in [0.2, 0.25) is 0 Å². The number of fused-ring (bicyclic) bond motifs is 3. The van der Waals surface area contributed by atoms with Gasteiger partial charge < -0.3 is 0 Å². The van der Waals surface area contributed by atoms with Gasteiger partial charge in [-0.1, -0.05) is 212 Å². The maximum absolute atomic E-state index is 2.50. The molecule has 0 aliphatic heterocycles. The Kier molecular flexibility index (Phi) is 9.25. The fourth-order valence-corrected chi connectivity index (χ4v) is 9.88. The van der Waals surface area contributed by atoms with Crippen molar-refractivity contribution in [1.29, 1.82) is 0 Å². The number of hydrogen-bond donors (Lipinski definition) is 0. The molecule has 5 atom stereocenters. The maximum Gasteiger partial charge on any atom is 0.0134 e. The summed E-state index contributed by atoms with van der Waals surface area (Å²) in [5.74, 6) is 1.39. The van der Waals surface area contributed by atoms with Crippen molar-refractivity contribution in [2.75, 3.05) is 0 Å². The highest BCUT2D eigenvalue weighted by molar-refractivity contribution is 5.87. The minimum absolute atomic E-state index is 0.252. The van der Waals surface area contributed by atoms with Crippen molar-refractivity contribution in [2.24, 2.45) is 23.7 Å². The van der Waals surface area contributed by atoms with E-state index in [2.05, 4.69) is 212 Å². The van der Waals surface area contributed by atoms with Gasteiger partial charge in [-0.2, -0.15) is 0 Å². The lowest BCUT2D eigenvalue weighted by Crippen LogP contribution is -2.42. The molecule has 6 aliphatic carbocycles. The van der Waals surface area contributed by atoms with Crippen molar-refractivity contribution < 1.29 is 0 Å². The zero-order valence-electron chi connectivity index (χ0n) is 31.7. The lowest BCUT2D eigenvalue weighted by Gasteiger charge is -2.39. The third-order valence-electron chi connectivity index (χ3n) is 12.6.